The molecule has 5 rings (SSSR count). The van der Waals surface area contributed by atoms with Crippen LogP contribution >= 0.6 is 0 Å². The van der Waals surface area contributed by atoms with Crippen molar-refractivity contribution in [1.29, 1.82) is 0 Å². The molecule has 234 valence electrons. The summed E-state index contributed by atoms with van der Waals surface area (Å²) in [4.78, 5) is 28.6. The number of primary amides is 1. The summed E-state index contributed by atoms with van der Waals surface area (Å²) in [5.41, 5.74) is 7.62. The molecule has 2 heterocycles. The van der Waals surface area contributed by atoms with Crippen molar-refractivity contribution in [1.82, 2.24) is 15.3 Å². The molecule has 11 heteroatoms. The van der Waals surface area contributed by atoms with Crippen molar-refractivity contribution in [2.24, 2.45) is 5.73 Å². The number of benzene rings is 3. The number of phenolic OH excluding ortho intramolecular Hbond substituents is 1. The van der Waals surface area contributed by atoms with Gasteiger partial charge >= 0.3 is 5.97 Å². The lowest BCUT2D eigenvalue weighted by atomic mass is 9.94. The highest BCUT2D eigenvalue weighted by atomic mass is 16.5. The number of hydrogen-bond acceptors (Lipinski definition) is 8. The average molecular weight is 613 g/mol. The molecule has 2 aromatic heterocycles. The smallest absolute Gasteiger partial charge is 0.335 e. The number of aromatic carboxylic acids is 1. The molecule has 5 aromatic rings. The van der Waals surface area contributed by atoms with Gasteiger partial charge in [0.15, 0.2) is 0 Å². The minimum Gasteiger partial charge on any atom is -0.508 e. The number of aromatic nitrogens is 2. The minimum absolute atomic E-state index is 0.0741. The molecule has 1 amide bonds. The molecule has 0 bridgehead atoms. The van der Waals surface area contributed by atoms with Gasteiger partial charge in [-0.3, -0.25) is 4.79 Å². The van der Waals surface area contributed by atoms with Crippen LogP contribution in [0.1, 0.15) is 40.1 Å². The molecule has 0 aliphatic heterocycles. The van der Waals surface area contributed by atoms with Gasteiger partial charge in [0.1, 0.15) is 30.0 Å². The molecular weight excluding hydrogens is 576 g/mol. The predicted octanol–water partition coefficient (Wildman–Crippen LogP) is 4.90. The maximum absolute atomic E-state index is 11.1. The van der Waals surface area contributed by atoms with E-state index in [9.17, 15) is 14.7 Å². The predicted molar refractivity (Wildman–Crippen MR) is 170 cm³/mol. The van der Waals surface area contributed by atoms with E-state index in [1.807, 2.05) is 54.7 Å². The van der Waals surface area contributed by atoms with E-state index in [1.165, 1.54) is 30.5 Å². The van der Waals surface area contributed by atoms with Gasteiger partial charge in [-0.25, -0.2) is 9.78 Å². The molecule has 0 fully saturated rings. The lowest BCUT2D eigenvalue weighted by Crippen LogP contribution is -2.46. The van der Waals surface area contributed by atoms with Crippen LogP contribution in [0.4, 0.5) is 0 Å². The highest BCUT2D eigenvalue weighted by Gasteiger charge is 2.20. The van der Waals surface area contributed by atoms with Crippen molar-refractivity contribution in [3.8, 4) is 23.1 Å². The molecule has 45 heavy (non-hydrogen) atoms. The molecule has 1 atom stereocenters. The number of aromatic hydroxyl groups is 1. The van der Waals surface area contributed by atoms with Gasteiger partial charge in [-0.2, -0.15) is 0 Å². The first-order valence-electron chi connectivity index (χ1n) is 14.2. The molecular formula is C34H36N4O7. The quantitative estimate of drug-likeness (QED) is 0.114. The summed E-state index contributed by atoms with van der Waals surface area (Å²) in [6.07, 6.45) is 3.37. The second-order valence-electron chi connectivity index (χ2n) is 10.9. The topological polar surface area (TPSA) is 180 Å². The van der Waals surface area contributed by atoms with Crippen LogP contribution in [0.5, 0.6) is 23.1 Å². The third-order valence-corrected chi connectivity index (χ3v) is 6.73. The van der Waals surface area contributed by atoms with Crippen molar-refractivity contribution >= 4 is 22.8 Å². The first kappa shape index (κ1) is 32.5. The number of nitrogens with zero attached hydrogens (tertiary/aromatic N) is 1. The number of rotatable bonds is 12. The Hall–Kier alpha value is -5.39. The number of amides is 1. The SMILES string of the molecule is CC(C)(Cc1ccc(Oc2ccc(C(N)=O)cn2)cc1)NC[C@H](O)COc1cccc2[nH]ccc12.O=C(O)c1ccc(O)cc1. The van der Waals surface area contributed by atoms with Gasteiger partial charge in [0.2, 0.25) is 11.8 Å². The number of aliphatic hydroxyl groups is 1. The van der Waals surface area contributed by atoms with E-state index in [-0.39, 0.29) is 23.5 Å². The number of nitrogens with one attached hydrogen (secondary N) is 2. The van der Waals surface area contributed by atoms with Gasteiger partial charge in [-0.15, -0.1) is 0 Å². The van der Waals surface area contributed by atoms with Crippen LogP contribution in [-0.4, -0.2) is 62.0 Å². The number of fused-ring (bicyclic) bond motifs is 1. The number of aliphatic hydroxyl groups excluding tert-OH is 1. The third-order valence-electron chi connectivity index (χ3n) is 6.73. The molecule has 11 nitrogen and oxygen atoms in total. The zero-order chi connectivity index (χ0) is 32.4. The Morgan fingerprint density at radius 3 is 2.33 bits per heavy atom. The maximum Gasteiger partial charge on any atom is 0.335 e. The van der Waals surface area contributed by atoms with Gasteiger partial charge in [-0.1, -0.05) is 18.2 Å². The Bertz CT molecular complexity index is 1700. The number of carboxylic acids is 1. The van der Waals surface area contributed by atoms with Gasteiger partial charge in [0, 0.05) is 41.4 Å². The third kappa shape index (κ3) is 9.82. The Morgan fingerprint density at radius 1 is 0.978 bits per heavy atom. The molecule has 0 aliphatic carbocycles. The fraction of sp³-hybridized carbons (Fsp3) is 0.206. The number of H-pyrrole nitrogens is 1. The number of β-amino-alcohol motifs (C(OH)–C–C–N with tert-alkyl or cyclic N) is 1. The van der Waals surface area contributed by atoms with Crippen molar-refractivity contribution < 1.29 is 34.4 Å². The number of nitrogens with two attached hydrogens (primary N) is 1. The average Bonchev–Trinajstić information content (AvgIpc) is 3.51. The van der Waals surface area contributed by atoms with Crippen molar-refractivity contribution in [2.75, 3.05) is 13.2 Å². The Labute approximate surface area is 260 Å². The first-order chi connectivity index (χ1) is 21.5. The van der Waals surface area contributed by atoms with Gasteiger partial charge in [0.25, 0.3) is 0 Å². The summed E-state index contributed by atoms with van der Waals surface area (Å²) in [5, 5.41) is 32.0. The highest BCUT2D eigenvalue weighted by molar-refractivity contribution is 5.92. The fourth-order valence-corrected chi connectivity index (χ4v) is 4.38. The first-order valence-corrected chi connectivity index (χ1v) is 14.2. The zero-order valence-corrected chi connectivity index (χ0v) is 24.9. The second kappa shape index (κ2) is 14.9. The number of ether oxygens (including phenoxy) is 2. The van der Waals surface area contributed by atoms with E-state index >= 15 is 0 Å². The molecule has 0 spiro atoms. The summed E-state index contributed by atoms with van der Waals surface area (Å²) < 4.78 is 11.6. The van der Waals surface area contributed by atoms with Crippen LogP contribution in [0.25, 0.3) is 10.9 Å². The van der Waals surface area contributed by atoms with E-state index in [2.05, 4.69) is 29.1 Å². The number of carbonyl (C=O) groups excluding carboxylic acids is 1. The zero-order valence-electron chi connectivity index (χ0n) is 24.9. The van der Waals surface area contributed by atoms with Crippen LogP contribution in [0.15, 0.2) is 97.3 Å². The minimum atomic E-state index is -0.986. The highest BCUT2D eigenvalue weighted by Crippen LogP contribution is 2.25. The fourth-order valence-electron chi connectivity index (χ4n) is 4.38. The van der Waals surface area contributed by atoms with Gasteiger partial charge < -0.3 is 40.8 Å². The number of hydrogen-bond donors (Lipinski definition) is 6. The van der Waals surface area contributed by atoms with Crippen molar-refractivity contribution in [3.05, 3.63) is 114 Å². The van der Waals surface area contributed by atoms with Gasteiger partial charge in [0.05, 0.1) is 11.1 Å². The van der Waals surface area contributed by atoms with Gasteiger partial charge in [-0.05, 0) is 86.5 Å². The van der Waals surface area contributed by atoms with E-state index in [1.54, 1.807) is 12.1 Å². The lowest BCUT2D eigenvalue weighted by molar-refractivity contribution is 0.0696. The van der Waals surface area contributed by atoms with Crippen LogP contribution in [0.3, 0.4) is 0 Å². The summed E-state index contributed by atoms with van der Waals surface area (Å²) >= 11 is 0. The number of pyridine rings is 1. The summed E-state index contributed by atoms with van der Waals surface area (Å²) in [6.45, 7) is 4.80. The van der Waals surface area contributed by atoms with Crippen LogP contribution < -0.4 is 20.5 Å². The Balaban J connectivity index is 0.000000392. The monoisotopic (exact) mass is 612 g/mol. The molecule has 3 aromatic carbocycles. The Kier molecular flexibility index (Phi) is 10.7. The molecule has 0 saturated heterocycles. The number of carbonyl (C=O) groups is 2. The standard InChI is InChI=1S/C27H30N4O4.C7H6O3/c1-27(2,31-16-20(32)17-34-24-5-3-4-23-22(24)12-13-29-23)14-18-6-9-21(10-7-18)35-25-11-8-19(15-30-25)26(28)33;8-6-3-1-5(2-4-6)7(9)10/h3-13,15,20,29,31-32H,14,16-17H2,1-2H3,(H2,28,33);1-4,8H,(H,9,10)/t20-;/m0./s1. The van der Waals surface area contributed by atoms with Crippen molar-refractivity contribution in [3.63, 3.8) is 0 Å². The summed E-state index contributed by atoms with van der Waals surface area (Å²) in [5.74, 6) is 0.338. The van der Waals surface area contributed by atoms with Crippen LogP contribution in [-0.2, 0) is 6.42 Å². The second-order valence-corrected chi connectivity index (χ2v) is 10.9. The number of aromatic amines is 1. The van der Waals surface area contributed by atoms with E-state index in [0.717, 1.165) is 28.6 Å². The lowest BCUT2D eigenvalue weighted by Gasteiger charge is -2.28. The normalized spacial score (nSPS) is 11.7. The number of carboxylic acid groups (broad SMARTS) is 1. The number of phenols is 1. The van der Waals surface area contributed by atoms with E-state index in [4.69, 9.17) is 25.4 Å². The molecule has 0 radical (unpaired) electrons. The largest absolute Gasteiger partial charge is 0.508 e. The molecule has 7 N–H and O–H groups in total. The van der Waals surface area contributed by atoms with E-state index in [0.29, 0.717) is 23.7 Å². The summed E-state index contributed by atoms with van der Waals surface area (Å²) in [7, 11) is 0. The van der Waals surface area contributed by atoms with Crippen molar-refractivity contribution in [2.45, 2.75) is 31.9 Å². The van der Waals surface area contributed by atoms with Crippen LogP contribution in [0.2, 0.25) is 0 Å². The molecule has 0 unspecified atom stereocenters. The summed E-state index contributed by atoms with van der Waals surface area (Å²) in [6, 6.07) is 24.1. The molecule has 0 aliphatic rings. The Morgan fingerprint density at radius 2 is 1.69 bits per heavy atom. The molecule has 0 saturated carbocycles. The van der Waals surface area contributed by atoms with Crippen LogP contribution in [0, 0.1) is 0 Å². The maximum atomic E-state index is 11.1. The van der Waals surface area contributed by atoms with E-state index < -0.39 is 18.0 Å².